The van der Waals surface area contributed by atoms with E-state index in [1.54, 1.807) is 5.57 Å². The lowest BCUT2D eigenvalue weighted by molar-refractivity contribution is -0.0601. The summed E-state index contributed by atoms with van der Waals surface area (Å²) in [5.74, 6) is 5.63. The molecule has 29 heavy (non-hydrogen) atoms. The molecule has 1 nitrogen and oxygen atoms in total. The average molecular weight is 401 g/mol. The summed E-state index contributed by atoms with van der Waals surface area (Å²) in [6, 6.07) is 0. The zero-order valence-electron chi connectivity index (χ0n) is 20.3. The molecule has 0 N–H and O–H groups in total. The quantitative estimate of drug-likeness (QED) is 0.410. The zero-order chi connectivity index (χ0) is 20.8. The van der Waals surface area contributed by atoms with Gasteiger partial charge in [0.2, 0.25) is 0 Å². The van der Waals surface area contributed by atoms with Crippen LogP contribution < -0.4 is 0 Å². The molecule has 0 saturated heterocycles. The number of ether oxygens (including phenoxy) is 1. The number of hydrogen-bond acceptors (Lipinski definition) is 1. The molecule has 0 aromatic rings. The van der Waals surface area contributed by atoms with E-state index in [0.29, 0.717) is 16.9 Å². The minimum absolute atomic E-state index is 0.472. The van der Waals surface area contributed by atoms with Gasteiger partial charge in [0, 0.05) is 7.11 Å². The molecule has 0 aromatic heterocycles. The zero-order valence-corrected chi connectivity index (χ0v) is 20.3. The van der Waals surface area contributed by atoms with E-state index in [-0.39, 0.29) is 0 Å². The monoisotopic (exact) mass is 400 g/mol. The van der Waals surface area contributed by atoms with Gasteiger partial charge in [0.1, 0.15) is 0 Å². The molecule has 0 amide bonds. The summed E-state index contributed by atoms with van der Waals surface area (Å²) in [4.78, 5) is 0. The fraction of sp³-hybridized carbons (Fsp3) is 0.929. The van der Waals surface area contributed by atoms with Crippen LogP contribution in [-0.4, -0.2) is 13.2 Å². The summed E-state index contributed by atoms with van der Waals surface area (Å²) >= 11 is 0. The Morgan fingerprint density at radius 3 is 2.52 bits per heavy atom. The Morgan fingerprint density at radius 2 is 1.79 bits per heavy atom. The summed E-state index contributed by atoms with van der Waals surface area (Å²) in [5.41, 5.74) is 2.85. The minimum atomic E-state index is 0.472. The van der Waals surface area contributed by atoms with Crippen molar-refractivity contribution in [2.75, 3.05) is 7.11 Å². The molecule has 0 heterocycles. The molecule has 166 valence electrons. The minimum Gasteiger partial charge on any atom is -0.381 e. The van der Waals surface area contributed by atoms with Crippen molar-refractivity contribution in [3.05, 3.63) is 11.6 Å². The second kappa shape index (κ2) is 8.33. The highest BCUT2D eigenvalue weighted by molar-refractivity contribution is 5.25. The largest absolute Gasteiger partial charge is 0.381 e. The SMILES string of the molecule is CO[C@H]1CCC2(C)C(=CCC3[C@@H]2CCC2(C)C([C@H](C)CCCC(C)C)CC[C@@H]32)C1. The smallest absolute Gasteiger partial charge is 0.0608 e. The fourth-order valence-corrected chi connectivity index (χ4v) is 8.85. The van der Waals surface area contributed by atoms with Gasteiger partial charge in [-0.1, -0.05) is 65.5 Å². The van der Waals surface area contributed by atoms with Crippen LogP contribution in [0, 0.1) is 46.3 Å². The number of allylic oxidation sites excluding steroid dienone is 1. The summed E-state index contributed by atoms with van der Waals surface area (Å²) in [6.07, 6.45) is 18.7. The third-order valence-electron chi connectivity index (χ3n) is 10.6. The number of hydrogen-bond donors (Lipinski definition) is 0. The van der Waals surface area contributed by atoms with E-state index in [1.807, 2.05) is 7.11 Å². The first-order valence-corrected chi connectivity index (χ1v) is 13.0. The van der Waals surface area contributed by atoms with Crippen LogP contribution >= 0.6 is 0 Å². The van der Waals surface area contributed by atoms with Crippen molar-refractivity contribution in [2.45, 2.75) is 111 Å². The van der Waals surface area contributed by atoms with E-state index in [2.05, 4.69) is 40.7 Å². The molecule has 0 radical (unpaired) electrons. The van der Waals surface area contributed by atoms with Crippen LogP contribution in [0.3, 0.4) is 0 Å². The highest BCUT2D eigenvalue weighted by Crippen LogP contribution is 2.67. The molecule has 4 aliphatic carbocycles. The number of fused-ring (bicyclic) bond motifs is 5. The van der Waals surface area contributed by atoms with Crippen LogP contribution in [0.5, 0.6) is 0 Å². The third-order valence-corrected chi connectivity index (χ3v) is 10.6. The summed E-state index contributed by atoms with van der Waals surface area (Å²) in [7, 11) is 1.91. The normalized spacial score (nSPS) is 45.3. The Kier molecular flexibility index (Phi) is 6.29. The Labute approximate surface area is 181 Å². The number of methoxy groups -OCH3 is 1. The molecule has 3 saturated carbocycles. The Bertz CT molecular complexity index is 605. The predicted octanol–water partition coefficient (Wildman–Crippen LogP) is 8.04. The van der Waals surface area contributed by atoms with Gasteiger partial charge < -0.3 is 4.74 Å². The van der Waals surface area contributed by atoms with Crippen molar-refractivity contribution in [1.82, 2.24) is 0 Å². The van der Waals surface area contributed by atoms with E-state index in [9.17, 15) is 0 Å². The first kappa shape index (κ1) is 21.9. The molecule has 0 aliphatic heterocycles. The molecule has 4 rings (SSSR count). The van der Waals surface area contributed by atoms with Gasteiger partial charge in [-0.2, -0.15) is 0 Å². The van der Waals surface area contributed by atoms with Crippen LogP contribution in [0.1, 0.15) is 105 Å². The van der Waals surface area contributed by atoms with Gasteiger partial charge in [0.15, 0.2) is 0 Å². The number of rotatable bonds is 6. The topological polar surface area (TPSA) is 9.23 Å². The average Bonchev–Trinajstić information content (AvgIpc) is 3.04. The van der Waals surface area contributed by atoms with Crippen LogP contribution in [0.15, 0.2) is 11.6 Å². The molecule has 4 aliphatic rings. The first-order chi connectivity index (χ1) is 13.8. The molecule has 3 fully saturated rings. The molecule has 0 bridgehead atoms. The van der Waals surface area contributed by atoms with Crippen LogP contribution in [0.25, 0.3) is 0 Å². The summed E-state index contributed by atoms with van der Waals surface area (Å²) in [5, 5.41) is 0. The second-order valence-corrected chi connectivity index (χ2v) is 12.4. The Morgan fingerprint density at radius 1 is 1.00 bits per heavy atom. The van der Waals surface area contributed by atoms with Crippen molar-refractivity contribution >= 4 is 0 Å². The van der Waals surface area contributed by atoms with Gasteiger partial charge in [-0.25, -0.2) is 0 Å². The van der Waals surface area contributed by atoms with E-state index in [4.69, 9.17) is 4.74 Å². The maximum absolute atomic E-state index is 5.75. The van der Waals surface area contributed by atoms with Gasteiger partial charge >= 0.3 is 0 Å². The first-order valence-electron chi connectivity index (χ1n) is 13.0. The Balaban J connectivity index is 1.48. The van der Waals surface area contributed by atoms with Gasteiger partial charge in [-0.3, -0.25) is 0 Å². The van der Waals surface area contributed by atoms with Crippen molar-refractivity contribution in [2.24, 2.45) is 46.3 Å². The Hall–Kier alpha value is -0.300. The van der Waals surface area contributed by atoms with Gasteiger partial charge in [0.05, 0.1) is 6.10 Å². The van der Waals surface area contributed by atoms with Gasteiger partial charge in [0.25, 0.3) is 0 Å². The van der Waals surface area contributed by atoms with E-state index < -0.39 is 0 Å². The molecular weight excluding hydrogens is 352 g/mol. The van der Waals surface area contributed by atoms with Crippen molar-refractivity contribution < 1.29 is 4.74 Å². The van der Waals surface area contributed by atoms with Crippen LogP contribution in [0.2, 0.25) is 0 Å². The summed E-state index contributed by atoms with van der Waals surface area (Å²) in [6.45, 7) is 12.7. The lowest BCUT2D eigenvalue weighted by atomic mass is 9.47. The van der Waals surface area contributed by atoms with E-state index in [0.717, 1.165) is 35.5 Å². The molecule has 0 aromatic carbocycles. The standard InChI is InChI=1S/C28H48O/c1-19(2)8-7-9-20(3)24-12-13-25-23-11-10-21-18-22(29-6)14-16-27(21,4)26(23)15-17-28(24,25)5/h10,19-20,22-26H,7-9,11-18H2,1-6H3/t20-,22+,23?,24?,25+,26+,27?,28?/m1/s1. The molecule has 4 unspecified atom stereocenters. The molecule has 0 spiro atoms. The van der Waals surface area contributed by atoms with Crippen molar-refractivity contribution in [3.63, 3.8) is 0 Å². The second-order valence-electron chi connectivity index (χ2n) is 12.4. The predicted molar refractivity (Wildman–Crippen MR) is 124 cm³/mol. The van der Waals surface area contributed by atoms with Gasteiger partial charge in [-0.05, 0) is 97.7 Å². The lowest BCUT2D eigenvalue weighted by Gasteiger charge is -2.58. The highest BCUT2D eigenvalue weighted by Gasteiger charge is 2.59. The fourth-order valence-electron chi connectivity index (χ4n) is 8.85. The molecular formula is C28H48O. The van der Waals surface area contributed by atoms with Crippen LogP contribution in [0.4, 0.5) is 0 Å². The third kappa shape index (κ3) is 3.77. The molecule has 8 atom stereocenters. The summed E-state index contributed by atoms with van der Waals surface area (Å²) < 4.78 is 5.75. The lowest BCUT2D eigenvalue weighted by Crippen LogP contribution is -2.50. The van der Waals surface area contributed by atoms with Crippen molar-refractivity contribution in [3.8, 4) is 0 Å². The van der Waals surface area contributed by atoms with E-state index >= 15 is 0 Å². The molecule has 1 heteroatoms. The maximum atomic E-state index is 5.75. The maximum Gasteiger partial charge on any atom is 0.0608 e. The van der Waals surface area contributed by atoms with Crippen molar-refractivity contribution in [1.29, 1.82) is 0 Å². The van der Waals surface area contributed by atoms with Crippen LogP contribution in [-0.2, 0) is 4.74 Å². The van der Waals surface area contributed by atoms with E-state index in [1.165, 1.54) is 70.6 Å². The highest BCUT2D eigenvalue weighted by atomic mass is 16.5. The van der Waals surface area contributed by atoms with Gasteiger partial charge in [-0.15, -0.1) is 0 Å².